The zero-order chi connectivity index (χ0) is 19.2. The van der Waals surface area contributed by atoms with Gasteiger partial charge in [0.2, 0.25) is 0 Å². The van der Waals surface area contributed by atoms with Crippen molar-refractivity contribution in [1.82, 2.24) is 15.5 Å². The second-order valence-corrected chi connectivity index (χ2v) is 8.13. The number of likely N-dealkylation sites (tertiary alicyclic amines) is 1. The van der Waals surface area contributed by atoms with Crippen LogP contribution in [0.5, 0.6) is 0 Å². The summed E-state index contributed by atoms with van der Waals surface area (Å²) in [5.74, 6) is 0.682. The summed E-state index contributed by atoms with van der Waals surface area (Å²) in [6.45, 7) is 14.7. The Bertz CT molecular complexity index is 578. The van der Waals surface area contributed by atoms with E-state index < -0.39 is 0 Å². The van der Waals surface area contributed by atoms with Gasteiger partial charge in [0.05, 0.1) is 6.54 Å². The Hall–Kier alpha value is -0.890. The van der Waals surface area contributed by atoms with E-state index in [0.717, 1.165) is 44.0 Å². The molecular formula is C21H36FIN4. The van der Waals surface area contributed by atoms with Crippen molar-refractivity contribution in [3.63, 3.8) is 0 Å². The van der Waals surface area contributed by atoms with Crippen LogP contribution in [-0.2, 0) is 5.41 Å². The number of nitrogens with zero attached hydrogens (tertiary/aromatic N) is 2. The molecule has 0 aromatic heterocycles. The number of nitrogens with one attached hydrogen (secondary N) is 2. The summed E-state index contributed by atoms with van der Waals surface area (Å²) in [6, 6.07) is 7.84. The maximum atomic E-state index is 13.2. The summed E-state index contributed by atoms with van der Waals surface area (Å²) in [5, 5.41) is 6.96. The maximum Gasteiger partial charge on any atom is 0.191 e. The van der Waals surface area contributed by atoms with Crippen molar-refractivity contribution in [1.29, 1.82) is 0 Å². The first-order chi connectivity index (χ1) is 12.3. The van der Waals surface area contributed by atoms with Gasteiger partial charge in [-0.3, -0.25) is 4.99 Å². The van der Waals surface area contributed by atoms with E-state index in [4.69, 9.17) is 4.99 Å². The highest BCUT2D eigenvalue weighted by atomic mass is 127. The van der Waals surface area contributed by atoms with Gasteiger partial charge < -0.3 is 15.5 Å². The summed E-state index contributed by atoms with van der Waals surface area (Å²) in [7, 11) is 0. The highest BCUT2D eigenvalue weighted by molar-refractivity contribution is 14.0. The minimum Gasteiger partial charge on any atom is -0.357 e. The first-order valence-electron chi connectivity index (χ1n) is 9.86. The molecule has 0 amide bonds. The number of halogens is 2. The molecule has 1 aromatic carbocycles. The average molecular weight is 490 g/mol. The van der Waals surface area contributed by atoms with Crippen molar-refractivity contribution in [2.75, 3.05) is 26.2 Å². The third-order valence-electron chi connectivity index (χ3n) is 5.20. The summed E-state index contributed by atoms with van der Waals surface area (Å²) in [6.07, 6.45) is 2.29. The van der Waals surface area contributed by atoms with Crippen LogP contribution in [-0.4, -0.2) is 49.1 Å². The Morgan fingerprint density at radius 3 is 2.33 bits per heavy atom. The topological polar surface area (TPSA) is 39.7 Å². The van der Waals surface area contributed by atoms with Gasteiger partial charge in [0.15, 0.2) is 5.96 Å². The monoisotopic (exact) mass is 490 g/mol. The van der Waals surface area contributed by atoms with Crippen LogP contribution < -0.4 is 10.6 Å². The molecule has 154 valence electrons. The molecule has 0 bridgehead atoms. The van der Waals surface area contributed by atoms with Crippen molar-refractivity contribution >= 4 is 29.9 Å². The molecule has 4 nitrogen and oxygen atoms in total. The quantitative estimate of drug-likeness (QED) is 0.358. The van der Waals surface area contributed by atoms with E-state index in [1.54, 1.807) is 0 Å². The highest BCUT2D eigenvalue weighted by Gasteiger charge is 2.23. The lowest BCUT2D eigenvalue weighted by atomic mass is 9.85. The van der Waals surface area contributed by atoms with Gasteiger partial charge in [0, 0.05) is 37.1 Å². The molecule has 0 spiro atoms. The number of aliphatic imine (C=N–C) groups is 1. The molecule has 0 unspecified atom stereocenters. The first kappa shape index (κ1) is 24.1. The predicted molar refractivity (Wildman–Crippen MR) is 124 cm³/mol. The number of hydrogen-bond acceptors (Lipinski definition) is 2. The second-order valence-electron chi connectivity index (χ2n) is 8.13. The molecule has 1 aliphatic rings. The molecule has 1 fully saturated rings. The van der Waals surface area contributed by atoms with Gasteiger partial charge in [-0.1, -0.05) is 26.0 Å². The van der Waals surface area contributed by atoms with Crippen molar-refractivity contribution in [2.24, 2.45) is 4.99 Å². The number of guanidine groups is 1. The number of rotatable bonds is 6. The second kappa shape index (κ2) is 11.2. The molecule has 0 radical (unpaired) electrons. The SMILES string of the molecule is CCNC(=NCC(C)(C)c1ccc(F)cc1)NC1CCN(C(C)C)CC1.I. The lowest BCUT2D eigenvalue weighted by molar-refractivity contribution is 0.167. The summed E-state index contributed by atoms with van der Waals surface area (Å²) in [4.78, 5) is 7.35. The van der Waals surface area contributed by atoms with Crippen molar-refractivity contribution in [2.45, 2.75) is 65.0 Å². The van der Waals surface area contributed by atoms with E-state index in [1.165, 1.54) is 12.1 Å². The number of piperidine rings is 1. The molecule has 1 aromatic rings. The van der Waals surface area contributed by atoms with E-state index in [9.17, 15) is 4.39 Å². The van der Waals surface area contributed by atoms with E-state index in [2.05, 4.69) is 50.2 Å². The van der Waals surface area contributed by atoms with Crippen molar-refractivity contribution in [3.8, 4) is 0 Å². The molecule has 27 heavy (non-hydrogen) atoms. The highest BCUT2D eigenvalue weighted by Crippen LogP contribution is 2.23. The van der Waals surface area contributed by atoms with Gasteiger partial charge in [-0.15, -0.1) is 24.0 Å². The van der Waals surface area contributed by atoms with Gasteiger partial charge in [-0.2, -0.15) is 0 Å². The maximum absolute atomic E-state index is 13.2. The van der Waals surface area contributed by atoms with Gasteiger partial charge in [0.1, 0.15) is 5.82 Å². The third kappa shape index (κ3) is 7.56. The fourth-order valence-corrected chi connectivity index (χ4v) is 3.34. The minimum atomic E-state index is -0.198. The third-order valence-corrected chi connectivity index (χ3v) is 5.20. The van der Waals surface area contributed by atoms with Gasteiger partial charge in [0.25, 0.3) is 0 Å². The standard InChI is InChI=1S/C21H35FN4.HI/c1-6-23-20(25-19-11-13-26(14-12-19)16(2)3)24-15-21(4,5)17-7-9-18(22)10-8-17;/h7-10,16,19H,6,11-15H2,1-5H3,(H2,23,24,25);1H. The Labute approximate surface area is 181 Å². The Morgan fingerprint density at radius 2 is 1.81 bits per heavy atom. The molecule has 1 heterocycles. The Morgan fingerprint density at radius 1 is 1.22 bits per heavy atom. The van der Waals surface area contributed by atoms with Gasteiger partial charge >= 0.3 is 0 Å². The number of benzene rings is 1. The Kier molecular flexibility index (Phi) is 10.0. The van der Waals surface area contributed by atoms with Gasteiger partial charge in [-0.25, -0.2) is 4.39 Å². The zero-order valence-electron chi connectivity index (χ0n) is 17.4. The fourth-order valence-electron chi connectivity index (χ4n) is 3.34. The smallest absolute Gasteiger partial charge is 0.191 e. The number of hydrogen-bond donors (Lipinski definition) is 2. The predicted octanol–water partition coefficient (Wildman–Crippen LogP) is 4.15. The van der Waals surface area contributed by atoms with Crippen LogP contribution in [0.3, 0.4) is 0 Å². The molecule has 2 N–H and O–H groups in total. The summed E-state index contributed by atoms with van der Waals surface area (Å²) >= 11 is 0. The minimum absolute atomic E-state index is 0. The molecule has 0 saturated carbocycles. The van der Waals surface area contributed by atoms with Crippen molar-refractivity contribution in [3.05, 3.63) is 35.6 Å². The zero-order valence-corrected chi connectivity index (χ0v) is 19.7. The van der Waals surface area contributed by atoms with Crippen LogP contribution >= 0.6 is 24.0 Å². The van der Waals surface area contributed by atoms with E-state index in [1.807, 2.05) is 12.1 Å². The average Bonchev–Trinajstić information content (AvgIpc) is 2.61. The van der Waals surface area contributed by atoms with Crippen LogP contribution in [0.4, 0.5) is 4.39 Å². The molecule has 1 aliphatic heterocycles. The van der Waals surface area contributed by atoms with E-state index in [0.29, 0.717) is 18.6 Å². The van der Waals surface area contributed by atoms with Gasteiger partial charge in [-0.05, 0) is 51.3 Å². The normalized spacial score (nSPS) is 16.9. The molecular weight excluding hydrogens is 454 g/mol. The lowest BCUT2D eigenvalue weighted by Gasteiger charge is -2.35. The summed E-state index contributed by atoms with van der Waals surface area (Å²) < 4.78 is 13.2. The van der Waals surface area contributed by atoms with Crippen molar-refractivity contribution < 1.29 is 4.39 Å². The molecule has 0 atom stereocenters. The molecule has 0 aliphatic carbocycles. The van der Waals surface area contributed by atoms with Crippen LogP contribution in [0.1, 0.15) is 53.0 Å². The first-order valence-corrected chi connectivity index (χ1v) is 9.86. The van der Waals surface area contributed by atoms with E-state index in [-0.39, 0.29) is 35.2 Å². The lowest BCUT2D eigenvalue weighted by Crippen LogP contribution is -2.50. The van der Waals surface area contributed by atoms with E-state index >= 15 is 0 Å². The van der Waals surface area contributed by atoms with Crippen LogP contribution in [0.25, 0.3) is 0 Å². The molecule has 1 saturated heterocycles. The molecule has 2 rings (SSSR count). The van der Waals surface area contributed by atoms with Crippen LogP contribution in [0.15, 0.2) is 29.3 Å². The fraction of sp³-hybridized carbons (Fsp3) is 0.667. The van der Waals surface area contributed by atoms with Crippen LogP contribution in [0.2, 0.25) is 0 Å². The molecule has 6 heteroatoms. The largest absolute Gasteiger partial charge is 0.357 e. The summed E-state index contributed by atoms with van der Waals surface area (Å²) in [5.41, 5.74) is 0.959. The Balaban J connectivity index is 0.00000364. The van der Waals surface area contributed by atoms with Crippen LogP contribution in [0, 0.1) is 5.82 Å².